The zero-order chi connectivity index (χ0) is 15.3. The molecule has 0 radical (unpaired) electrons. The quantitative estimate of drug-likeness (QED) is 0.834. The minimum atomic E-state index is 0.479. The smallest absolute Gasteiger partial charge is 0.0105 e. The zero-order valence-electron chi connectivity index (χ0n) is 15.0. The van der Waals surface area contributed by atoms with Crippen LogP contribution in [0.1, 0.15) is 72.1 Å². The second kappa shape index (κ2) is 7.97. The van der Waals surface area contributed by atoms with Crippen LogP contribution in [-0.4, -0.2) is 37.6 Å². The minimum absolute atomic E-state index is 0.479. The van der Waals surface area contributed by atoms with Crippen molar-refractivity contribution < 1.29 is 0 Å². The van der Waals surface area contributed by atoms with Crippen molar-refractivity contribution in [2.45, 2.75) is 78.2 Å². The zero-order valence-corrected chi connectivity index (χ0v) is 15.0. The van der Waals surface area contributed by atoms with Crippen molar-refractivity contribution >= 4 is 0 Å². The predicted octanol–water partition coefficient (Wildman–Crippen LogP) is 4.30. The Balaban J connectivity index is 1.93. The van der Waals surface area contributed by atoms with Crippen LogP contribution in [0.25, 0.3) is 0 Å². The van der Waals surface area contributed by atoms with E-state index >= 15 is 0 Å². The van der Waals surface area contributed by atoms with Crippen molar-refractivity contribution in [3.8, 4) is 0 Å². The molecular formula is C19H38N2. The first-order valence-electron chi connectivity index (χ1n) is 9.40. The van der Waals surface area contributed by atoms with E-state index in [1.807, 2.05) is 0 Å². The van der Waals surface area contributed by atoms with E-state index in [1.54, 1.807) is 0 Å². The number of likely N-dealkylation sites (tertiary alicyclic amines) is 1. The Morgan fingerprint density at radius 2 is 1.57 bits per heavy atom. The molecule has 2 aliphatic rings. The van der Waals surface area contributed by atoms with Crippen LogP contribution in [0.3, 0.4) is 0 Å². The van der Waals surface area contributed by atoms with Crippen LogP contribution in [0.2, 0.25) is 0 Å². The maximum Gasteiger partial charge on any atom is 0.0105 e. The summed E-state index contributed by atoms with van der Waals surface area (Å²) < 4.78 is 0. The highest BCUT2D eigenvalue weighted by molar-refractivity contribution is 4.90. The fourth-order valence-corrected chi connectivity index (χ4v) is 4.46. The van der Waals surface area contributed by atoms with E-state index in [9.17, 15) is 0 Å². The lowest BCUT2D eigenvalue weighted by Gasteiger charge is -2.43. The maximum atomic E-state index is 3.62. The molecule has 1 heterocycles. The predicted molar refractivity (Wildman–Crippen MR) is 92.7 cm³/mol. The van der Waals surface area contributed by atoms with Gasteiger partial charge in [-0.2, -0.15) is 0 Å². The summed E-state index contributed by atoms with van der Waals surface area (Å²) >= 11 is 0. The first-order valence-corrected chi connectivity index (χ1v) is 9.40. The Bertz CT molecular complexity index is 286. The van der Waals surface area contributed by atoms with Crippen molar-refractivity contribution in [3.05, 3.63) is 0 Å². The third-order valence-corrected chi connectivity index (χ3v) is 6.02. The summed E-state index contributed by atoms with van der Waals surface area (Å²) in [4.78, 5) is 2.78. The summed E-state index contributed by atoms with van der Waals surface area (Å²) in [5.74, 6) is 1.76. The van der Waals surface area contributed by atoms with Crippen LogP contribution in [0.5, 0.6) is 0 Å². The molecule has 1 saturated heterocycles. The van der Waals surface area contributed by atoms with Crippen molar-refractivity contribution in [1.29, 1.82) is 0 Å². The normalized spacial score (nSPS) is 33.4. The van der Waals surface area contributed by atoms with Gasteiger partial charge in [0.1, 0.15) is 0 Å². The van der Waals surface area contributed by atoms with Gasteiger partial charge in [0.25, 0.3) is 0 Å². The molecule has 1 saturated carbocycles. The standard InChI is InChI=1S/C19H38N2/c1-19(2,3)17-10-11-18(20-4)16(14-17)15-21-12-8-6-5-7-9-13-21/h16-18,20H,5-15H2,1-4H3. The van der Waals surface area contributed by atoms with Gasteiger partial charge >= 0.3 is 0 Å². The molecule has 21 heavy (non-hydrogen) atoms. The van der Waals surface area contributed by atoms with E-state index in [-0.39, 0.29) is 0 Å². The molecule has 1 N–H and O–H groups in total. The van der Waals surface area contributed by atoms with Crippen molar-refractivity contribution in [2.75, 3.05) is 26.7 Å². The summed E-state index contributed by atoms with van der Waals surface area (Å²) in [6.45, 7) is 11.3. The van der Waals surface area contributed by atoms with Gasteiger partial charge in [0, 0.05) is 12.6 Å². The molecule has 0 amide bonds. The molecule has 0 bridgehead atoms. The lowest BCUT2D eigenvalue weighted by atomic mass is 9.67. The Labute approximate surface area is 133 Å². The largest absolute Gasteiger partial charge is 0.317 e. The highest BCUT2D eigenvalue weighted by Gasteiger charge is 2.35. The number of hydrogen-bond acceptors (Lipinski definition) is 2. The van der Waals surface area contributed by atoms with Gasteiger partial charge in [-0.25, -0.2) is 0 Å². The number of hydrogen-bond donors (Lipinski definition) is 1. The Morgan fingerprint density at radius 1 is 0.952 bits per heavy atom. The average Bonchev–Trinajstić information content (AvgIpc) is 2.40. The number of rotatable bonds is 3. The molecule has 124 valence electrons. The van der Waals surface area contributed by atoms with Gasteiger partial charge in [0.15, 0.2) is 0 Å². The molecule has 0 aromatic carbocycles. The molecule has 3 unspecified atom stereocenters. The number of nitrogens with one attached hydrogen (secondary N) is 1. The Kier molecular flexibility index (Phi) is 6.55. The topological polar surface area (TPSA) is 15.3 Å². The van der Waals surface area contributed by atoms with Gasteiger partial charge in [0.2, 0.25) is 0 Å². The fraction of sp³-hybridized carbons (Fsp3) is 1.00. The van der Waals surface area contributed by atoms with Crippen molar-refractivity contribution in [2.24, 2.45) is 17.3 Å². The molecule has 1 aliphatic heterocycles. The second-order valence-electron chi connectivity index (χ2n) is 8.60. The molecule has 2 heteroatoms. The maximum absolute atomic E-state index is 3.62. The average molecular weight is 295 g/mol. The van der Waals surface area contributed by atoms with Crippen LogP contribution in [0, 0.1) is 17.3 Å². The summed E-state index contributed by atoms with van der Waals surface area (Å²) in [6.07, 6.45) is 11.4. The van der Waals surface area contributed by atoms with E-state index < -0.39 is 0 Å². The van der Waals surface area contributed by atoms with Crippen LogP contribution in [0.4, 0.5) is 0 Å². The highest BCUT2D eigenvalue weighted by Crippen LogP contribution is 2.40. The molecule has 2 nitrogen and oxygen atoms in total. The van der Waals surface area contributed by atoms with E-state index in [4.69, 9.17) is 0 Å². The second-order valence-corrected chi connectivity index (χ2v) is 8.60. The Hall–Kier alpha value is -0.0800. The van der Waals surface area contributed by atoms with E-state index in [2.05, 4.69) is 38.0 Å². The highest BCUT2D eigenvalue weighted by atomic mass is 15.1. The molecule has 0 aromatic heterocycles. The van der Waals surface area contributed by atoms with Crippen LogP contribution >= 0.6 is 0 Å². The van der Waals surface area contributed by atoms with Crippen molar-refractivity contribution in [1.82, 2.24) is 10.2 Å². The van der Waals surface area contributed by atoms with E-state index in [0.717, 1.165) is 17.9 Å². The van der Waals surface area contributed by atoms with Crippen molar-refractivity contribution in [3.63, 3.8) is 0 Å². The first kappa shape index (κ1) is 17.3. The molecule has 0 aromatic rings. The Morgan fingerprint density at radius 3 is 2.14 bits per heavy atom. The van der Waals surface area contributed by atoms with Gasteiger partial charge in [-0.3, -0.25) is 0 Å². The van der Waals surface area contributed by atoms with E-state index in [1.165, 1.54) is 71.0 Å². The van der Waals surface area contributed by atoms with Gasteiger partial charge < -0.3 is 10.2 Å². The number of nitrogens with zero attached hydrogens (tertiary/aromatic N) is 1. The lowest BCUT2D eigenvalue weighted by molar-refractivity contribution is 0.0870. The molecule has 2 rings (SSSR count). The van der Waals surface area contributed by atoms with Gasteiger partial charge in [-0.05, 0) is 69.5 Å². The summed E-state index contributed by atoms with van der Waals surface area (Å²) in [5, 5.41) is 3.62. The van der Waals surface area contributed by atoms with Crippen LogP contribution in [0.15, 0.2) is 0 Å². The SMILES string of the molecule is CNC1CCC(C(C)(C)C)CC1CN1CCCCCCC1. The van der Waals surface area contributed by atoms with E-state index in [0.29, 0.717) is 5.41 Å². The fourth-order valence-electron chi connectivity index (χ4n) is 4.46. The summed E-state index contributed by atoms with van der Waals surface area (Å²) in [5.41, 5.74) is 0.479. The lowest BCUT2D eigenvalue weighted by Crippen LogP contribution is -2.46. The van der Waals surface area contributed by atoms with Crippen LogP contribution in [-0.2, 0) is 0 Å². The molecule has 0 spiro atoms. The first-order chi connectivity index (χ1) is 10.0. The summed E-state index contributed by atoms with van der Waals surface area (Å²) in [7, 11) is 2.17. The molecule has 1 aliphatic carbocycles. The van der Waals surface area contributed by atoms with Gasteiger partial charge in [0.05, 0.1) is 0 Å². The minimum Gasteiger partial charge on any atom is -0.317 e. The summed E-state index contributed by atoms with van der Waals surface area (Å²) in [6, 6.07) is 0.744. The van der Waals surface area contributed by atoms with Gasteiger partial charge in [-0.1, -0.05) is 40.0 Å². The van der Waals surface area contributed by atoms with Crippen LogP contribution < -0.4 is 5.32 Å². The van der Waals surface area contributed by atoms with Gasteiger partial charge in [-0.15, -0.1) is 0 Å². The molecule has 3 atom stereocenters. The third-order valence-electron chi connectivity index (χ3n) is 6.02. The third kappa shape index (κ3) is 5.25. The molecular weight excluding hydrogens is 256 g/mol. The monoisotopic (exact) mass is 294 g/mol. The molecule has 2 fully saturated rings.